The summed E-state index contributed by atoms with van der Waals surface area (Å²) >= 11 is 5.79. The van der Waals surface area contributed by atoms with Crippen molar-refractivity contribution < 1.29 is 9.53 Å². The fourth-order valence-electron chi connectivity index (χ4n) is 1.98. The molecule has 0 saturated carbocycles. The smallest absolute Gasteiger partial charge is 0.258 e. The van der Waals surface area contributed by atoms with Crippen LogP contribution in [0.2, 0.25) is 5.02 Å². The van der Waals surface area contributed by atoms with Crippen molar-refractivity contribution >= 4 is 23.2 Å². The summed E-state index contributed by atoms with van der Waals surface area (Å²) in [5.74, 6) is 6.40. The standard InChI is InChI=1S/C19H19ClN2O2/c1-22(2)18-8-4-3-6-15(18)7-5-13-21-19(23)14-24-17-11-9-16(20)10-12-17/h3-4,6,8-12H,13-14H2,1-2H3,(H,21,23). The average Bonchev–Trinajstić information content (AvgIpc) is 2.58. The van der Waals surface area contributed by atoms with E-state index in [1.807, 2.05) is 43.3 Å². The van der Waals surface area contributed by atoms with Gasteiger partial charge in [-0.05, 0) is 36.4 Å². The molecular formula is C19H19ClN2O2. The van der Waals surface area contributed by atoms with Gasteiger partial charge in [0.15, 0.2) is 6.61 Å². The molecule has 0 unspecified atom stereocenters. The van der Waals surface area contributed by atoms with E-state index in [1.54, 1.807) is 24.3 Å². The Balaban J connectivity index is 1.80. The Bertz CT molecular complexity index is 746. The van der Waals surface area contributed by atoms with Gasteiger partial charge in [-0.1, -0.05) is 35.6 Å². The molecule has 2 rings (SSSR count). The molecule has 0 aliphatic rings. The number of anilines is 1. The molecule has 0 bridgehead atoms. The highest BCUT2D eigenvalue weighted by Crippen LogP contribution is 2.16. The molecule has 0 atom stereocenters. The summed E-state index contributed by atoms with van der Waals surface area (Å²) in [6, 6.07) is 14.7. The first kappa shape index (κ1) is 17.7. The van der Waals surface area contributed by atoms with Crippen LogP contribution >= 0.6 is 11.6 Å². The third kappa shape index (κ3) is 5.53. The summed E-state index contributed by atoms with van der Waals surface area (Å²) in [5, 5.41) is 3.33. The van der Waals surface area contributed by atoms with E-state index in [9.17, 15) is 4.79 Å². The summed E-state index contributed by atoms with van der Waals surface area (Å²) in [4.78, 5) is 13.7. The van der Waals surface area contributed by atoms with Gasteiger partial charge < -0.3 is 15.0 Å². The van der Waals surface area contributed by atoms with Gasteiger partial charge in [0.1, 0.15) is 5.75 Å². The Morgan fingerprint density at radius 2 is 1.88 bits per heavy atom. The van der Waals surface area contributed by atoms with Gasteiger partial charge in [-0.3, -0.25) is 4.79 Å². The highest BCUT2D eigenvalue weighted by Gasteiger charge is 2.02. The zero-order valence-electron chi connectivity index (χ0n) is 13.7. The van der Waals surface area contributed by atoms with Gasteiger partial charge in [-0.15, -0.1) is 0 Å². The Labute approximate surface area is 147 Å². The lowest BCUT2D eigenvalue weighted by molar-refractivity contribution is -0.122. The first-order valence-corrected chi connectivity index (χ1v) is 7.84. The van der Waals surface area contributed by atoms with Crippen LogP contribution in [0.25, 0.3) is 0 Å². The predicted molar refractivity (Wildman–Crippen MR) is 97.6 cm³/mol. The first-order valence-electron chi connectivity index (χ1n) is 7.46. The number of benzene rings is 2. The largest absolute Gasteiger partial charge is 0.484 e. The van der Waals surface area contributed by atoms with Crippen molar-refractivity contribution in [2.75, 3.05) is 32.1 Å². The van der Waals surface area contributed by atoms with E-state index >= 15 is 0 Å². The number of amides is 1. The molecule has 0 spiro atoms. The molecule has 0 aromatic heterocycles. The molecular weight excluding hydrogens is 324 g/mol. The van der Waals surface area contributed by atoms with Crippen molar-refractivity contribution in [1.29, 1.82) is 0 Å². The molecule has 0 saturated heterocycles. The Hall–Kier alpha value is -2.64. The Morgan fingerprint density at radius 1 is 1.17 bits per heavy atom. The van der Waals surface area contributed by atoms with Crippen LogP contribution in [0.5, 0.6) is 5.75 Å². The van der Waals surface area contributed by atoms with E-state index < -0.39 is 0 Å². The monoisotopic (exact) mass is 342 g/mol. The van der Waals surface area contributed by atoms with Crippen molar-refractivity contribution in [2.24, 2.45) is 0 Å². The first-order chi connectivity index (χ1) is 11.6. The molecule has 4 nitrogen and oxygen atoms in total. The number of hydrogen-bond acceptors (Lipinski definition) is 3. The van der Waals surface area contributed by atoms with Crippen LogP contribution in [0.4, 0.5) is 5.69 Å². The minimum atomic E-state index is -0.222. The molecule has 2 aromatic carbocycles. The molecule has 0 aliphatic carbocycles. The van der Waals surface area contributed by atoms with Crippen LogP contribution in [-0.4, -0.2) is 33.2 Å². The van der Waals surface area contributed by atoms with Crippen molar-refractivity contribution in [3.63, 3.8) is 0 Å². The van der Waals surface area contributed by atoms with Gasteiger partial charge in [0.2, 0.25) is 0 Å². The summed E-state index contributed by atoms with van der Waals surface area (Å²) in [6.45, 7) is 0.210. The van der Waals surface area contributed by atoms with Crippen LogP contribution in [-0.2, 0) is 4.79 Å². The maximum atomic E-state index is 11.7. The molecule has 0 radical (unpaired) electrons. The van der Waals surface area contributed by atoms with Crippen molar-refractivity contribution in [2.45, 2.75) is 0 Å². The van der Waals surface area contributed by atoms with Gasteiger partial charge >= 0.3 is 0 Å². The number of carbonyl (C=O) groups excluding carboxylic acids is 1. The quantitative estimate of drug-likeness (QED) is 0.849. The van der Waals surface area contributed by atoms with Crippen LogP contribution in [0.3, 0.4) is 0 Å². The summed E-state index contributed by atoms with van der Waals surface area (Å²) < 4.78 is 5.36. The van der Waals surface area contributed by atoms with E-state index in [1.165, 1.54) is 0 Å². The number of para-hydroxylation sites is 1. The highest BCUT2D eigenvalue weighted by molar-refractivity contribution is 6.30. The molecule has 0 aliphatic heterocycles. The molecule has 0 heterocycles. The number of carbonyl (C=O) groups is 1. The maximum Gasteiger partial charge on any atom is 0.258 e. The van der Waals surface area contributed by atoms with Crippen LogP contribution in [0, 0.1) is 11.8 Å². The second kappa shape index (κ2) is 8.85. The Morgan fingerprint density at radius 3 is 2.58 bits per heavy atom. The number of ether oxygens (including phenoxy) is 1. The average molecular weight is 343 g/mol. The molecule has 2 aromatic rings. The van der Waals surface area contributed by atoms with E-state index in [4.69, 9.17) is 16.3 Å². The van der Waals surface area contributed by atoms with E-state index in [-0.39, 0.29) is 19.1 Å². The van der Waals surface area contributed by atoms with Crippen LogP contribution < -0.4 is 15.0 Å². The second-order valence-electron chi connectivity index (χ2n) is 5.23. The third-order valence-corrected chi connectivity index (χ3v) is 3.42. The fraction of sp³-hybridized carbons (Fsp3) is 0.211. The van der Waals surface area contributed by atoms with Gasteiger partial charge in [-0.2, -0.15) is 0 Å². The van der Waals surface area contributed by atoms with Gasteiger partial charge in [0, 0.05) is 24.7 Å². The van der Waals surface area contributed by atoms with E-state index in [2.05, 4.69) is 17.2 Å². The topological polar surface area (TPSA) is 41.6 Å². The Kier molecular flexibility index (Phi) is 6.53. The molecule has 0 fully saturated rings. The van der Waals surface area contributed by atoms with Crippen LogP contribution in [0.1, 0.15) is 5.56 Å². The molecule has 124 valence electrons. The zero-order chi connectivity index (χ0) is 17.4. The lowest BCUT2D eigenvalue weighted by Gasteiger charge is -2.13. The second-order valence-corrected chi connectivity index (χ2v) is 5.67. The minimum absolute atomic E-state index is 0.0579. The molecule has 1 amide bonds. The fourth-order valence-corrected chi connectivity index (χ4v) is 2.11. The lowest BCUT2D eigenvalue weighted by Crippen LogP contribution is -2.29. The summed E-state index contributed by atoms with van der Waals surface area (Å²) in [6.07, 6.45) is 0. The number of hydrogen-bond donors (Lipinski definition) is 1. The maximum absolute atomic E-state index is 11.7. The van der Waals surface area contributed by atoms with E-state index in [0.717, 1.165) is 11.3 Å². The highest BCUT2D eigenvalue weighted by atomic mass is 35.5. The lowest BCUT2D eigenvalue weighted by atomic mass is 10.1. The molecule has 24 heavy (non-hydrogen) atoms. The SMILES string of the molecule is CN(C)c1ccccc1C#CCNC(=O)COc1ccc(Cl)cc1. The summed E-state index contributed by atoms with van der Waals surface area (Å²) in [5.41, 5.74) is 1.97. The van der Waals surface area contributed by atoms with Gasteiger partial charge in [0.05, 0.1) is 12.2 Å². The summed E-state index contributed by atoms with van der Waals surface area (Å²) in [7, 11) is 3.94. The molecule has 5 heteroatoms. The van der Waals surface area contributed by atoms with Gasteiger partial charge in [-0.25, -0.2) is 0 Å². The normalized spacial score (nSPS) is 9.62. The van der Waals surface area contributed by atoms with Gasteiger partial charge in [0.25, 0.3) is 5.91 Å². The van der Waals surface area contributed by atoms with Crippen LogP contribution in [0.15, 0.2) is 48.5 Å². The van der Waals surface area contributed by atoms with Crippen molar-refractivity contribution in [3.05, 3.63) is 59.1 Å². The van der Waals surface area contributed by atoms with Crippen molar-refractivity contribution in [1.82, 2.24) is 5.32 Å². The number of halogens is 1. The minimum Gasteiger partial charge on any atom is -0.484 e. The third-order valence-electron chi connectivity index (χ3n) is 3.17. The number of rotatable bonds is 5. The number of nitrogens with one attached hydrogen (secondary N) is 1. The number of nitrogens with zero attached hydrogens (tertiary/aromatic N) is 1. The predicted octanol–water partition coefficient (Wildman–Crippen LogP) is 2.95. The van der Waals surface area contributed by atoms with E-state index in [0.29, 0.717) is 10.8 Å². The molecule has 1 N–H and O–H groups in total. The van der Waals surface area contributed by atoms with Crippen molar-refractivity contribution in [3.8, 4) is 17.6 Å². The zero-order valence-corrected chi connectivity index (χ0v) is 14.4.